The Morgan fingerprint density at radius 2 is 0.614 bits per heavy atom. The smallest absolute Gasteiger partial charge is 0.296 e. The van der Waals surface area contributed by atoms with Crippen LogP contribution in [0.15, 0.2) is 139 Å². The first-order valence-corrected chi connectivity index (χ1v) is 22.3. The number of hydrogen-bond acceptors (Lipinski definition) is 13. The predicted molar refractivity (Wildman–Crippen MR) is 255 cm³/mol. The number of nitrogens with zero attached hydrogens (tertiary/aromatic N) is 13. The average Bonchev–Trinajstić information content (AvgIpc) is 4.10. The van der Waals surface area contributed by atoms with E-state index < -0.39 is 33.7 Å². The summed E-state index contributed by atoms with van der Waals surface area (Å²) in [7, 11) is 0. The van der Waals surface area contributed by atoms with E-state index >= 15 is 0 Å². The molecular formula is C48H48N16O6. The van der Waals surface area contributed by atoms with Gasteiger partial charge < -0.3 is 0 Å². The van der Waals surface area contributed by atoms with Crippen molar-refractivity contribution < 1.29 is 0 Å². The molecule has 22 nitrogen and oxygen atoms in total. The molecular weight excluding hydrogens is 897 g/mol. The molecule has 0 saturated carbocycles. The summed E-state index contributed by atoms with van der Waals surface area (Å²) >= 11 is 0. The molecule has 9 aromatic rings. The highest BCUT2D eigenvalue weighted by Gasteiger charge is 2.16. The minimum atomic E-state index is -0.461. The van der Waals surface area contributed by atoms with Crippen LogP contribution in [0.1, 0.15) is 67.2 Å². The predicted octanol–water partition coefficient (Wildman–Crippen LogP) is 1.43. The van der Waals surface area contributed by atoms with Gasteiger partial charge in [0.05, 0.1) is 74.9 Å². The van der Waals surface area contributed by atoms with Crippen molar-refractivity contribution in [2.24, 2.45) is 0 Å². The van der Waals surface area contributed by atoms with E-state index in [0.29, 0.717) is 75.6 Å². The number of aryl methyl sites for hydroxylation is 3. The fourth-order valence-electron chi connectivity index (χ4n) is 7.93. The molecule has 70 heavy (non-hydrogen) atoms. The zero-order valence-electron chi connectivity index (χ0n) is 38.5. The lowest BCUT2D eigenvalue weighted by Crippen LogP contribution is -2.31. The van der Waals surface area contributed by atoms with Gasteiger partial charge in [-0.2, -0.15) is 0 Å². The lowest BCUT2D eigenvalue weighted by molar-refractivity contribution is 0.238. The first-order valence-electron chi connectivity index (χ1n) is 22.3. The van der Waals surface area contributed by atoms with Crippen molar-refractivity contribution in [3.63, 3.8) is 0 Å². The molecule has 0 amide bonds. The number of aromatic amines is 3. The maximum atomic E-state index is 12.3. The second-order valence-corrected chi connectivity index (χ2v) is 17.4. The largest absolute Gasteiger partial charge is 0.328 e. The summed E-state index contributed by atoms with van der Waals surface area (Å²) in [5, 5.41) is 26.8. The third kappa shape index (κ3) is 11.4. The van der Waals surface area contributed by atoms with Crippen LogP contribution >= 0.6 is 0 Å². The van der Waals surface area contributed by atoms with Crippen LogP contribution in [0, 0.1) is 20.8 Å². The molecule has 6 aromatic heterocycles. The molecule has 0 bridgehead atoms. The van der Waals surface area contributed by atoms with Gasteiger partial charge in [0.25, 0.3) is 16.7 Å². The molecule has 22 heteroatoms. The van der Waals surface area contributed by atoms with Crippen LogP contribution < -0.4 is 33.7 Å². The SMILES string of the molecule is Cc1cn(Cc2ccc(Cn3cc(CN(Cc4cn(Cc5ccc(Cn6cc(C)c(=O)[nH]c6=O)cc5)nn4)Cc4cn(Cc5ccc(Cn6cc(C)c(=O)[nH]c6=O)cc5)nn4)nn3)cc2)c(=O)[nH]c1=O. The highest BCUT2D eigenvalue weighted by molar-refractivity contribution is 5.26. The van der Waals surface area contributed by atoms with Crippen LogP contribution in [-0.2, 0) is 58.9 Å². The summed E-state index contributed by atoms with van der Waals surface area (Å²) < 4.78 is 9.71. The molecule has 0 unspecified atom stereocenters. The van der Waals surface area contributed by atoms with Crippen molar-refractivity contribution in [3.05, 3.63) is 240 Å². The van der Waals surface area contributed by atoms with E-state index in [1.807, 2.05) is 91.4 Å². The Bertz CT molecular complexity index is 3280. The van der Waals surface area contributed by atoms with Gasteiger partial charge in [-0.05, 0) is 54.2 Å². The number of rotatable bonds is 18. The molecule has 356 valence electrons. The van der Waals surface area contributed by atoms with Gasteiger partial charge in [0.1, 0.15) is 0 Å². The van der Waals surface area contributed by atoms with E-state index in [1.165, 1.54) is 13.7 Å². The maximum Gasteiger partial charge on any atom is 0.328 e. The van der Waals surface area contributed by atoms with Gasteiger partial charge >= 0.3 is 17.1 Å². The Morgan fingerprint density at radius 3 is 0.871 bits per heavy atom. The van der Waals surface area contributed by atoms with Crippen LogP contribution in [0.4, 0.5) is 0 Å². The number of hydrogen-bond donors (Lipinski definition) is 3. The normalized spacial score (nSPS) is 11.5. The van der Waals surface area contributed by atoms with Crippen molar-refractivity contribution in [2.45, 2.75) is 79.7 Å². The van der Waals surface area contributed by atoms with E-state index in [1.54, 1.807) is 53.4 Å². The quantitative estimate of drug-likeness (QED) is 0.110. The molecule has 0 spiro atoms. The van der Waals surface area contributed by atoms with Crippen molar-refractivity contribution >= 4 is 0 Å². The van der Waals surface area contributed by atoms with E-state index in [0.717, 1.165) is 50.5 Å². The molecule has 6 heterocycles. The molecule has 0 aliphatic rings. The van der Waals surface area contributed by atoms with Gasteiger partial charge in [0, 0.05) is 54.9 Å². The summed E-state index contributed by atoms with van der Waals surface area (Å²) in [6, 6.07) is 23.5. The van der Waals surface area contributed by atoms with Crippen LogP contribution in [0.5, 0.6) is 0 Å². The Kier molecular flexibility index (Phi) is 13.3. The van der Waals surface area contributed by atoms with Crippen LogP contribution in [0.3, 0.4) is 0 Å². The molecule has 0 radical (unpaired) electrons. The van der Waals surface area contributed by atoms with Gasteiger partial charge in [-0.3, -0.25) is 47.9 Å². The Balaban J connectivity index is 0.869. The average molecular weight is 945 g/mol. The van der Waals surface area contributed by atoms with E-state index in [2.05, 4.69) is 50.8 Å². The molecule has 0 atom stereocenters. The lowest BCUT2D eigenvalue weighted by Gasteiger charge is -2.18. The second kappa shape index (κ2) is 20.1. The molecule has 9 rings (SSSR count). The fourth-order valence-corrected chi connectivity index (χ4v) is 7.93. The molecule has 3 N–H and O–H groups in total. The van der Waals surface area contributed by atoms with Gasteiger partial charge in [-0.25, -0.2) is 28.4 Å². The van der Waals surface area contributed by atoms with Gasteiger partial charge in [-0.1, -0.05) is 88.4 Å². The minimum Gasteiger partial charge on any atom is -0.296 e. The highest BCUT2D eigenvalue weighted by atomic mass is 16.2. The second-order valence-electron chi connectivity index (χ2n) is 17.4. The number of H-pyrrole nitrogens is 3. The van der Waals surface area contributed by atoms with E-state index in [4.69, 9.17) is 0 Å². The molecule has 0 fully saturated rings. The lowest BCUT2D eigenvalue weighted by atomic mass is 10.1. The topological polar surface area (TPSA) is 260 Å². The summed E-state index contributed by atoms with van der Waals surface area (Å²) in [6.45, 7) is 8.55. The van der Waals surface area contributed by atoms with Crippen molar-refractivity contribution in [1.82, 2.24) is 78.5 Å². The van der Waals surface area contributed by atoms with Crippen LogP contribution in [0.2, 0.25) is 0 Å². The molecule has 0 saturated heterocycles. The Hall–Kier alpha value is -8.92. The Morgan fingerprint density at radius 1 is 0.371 bits per heavy atom. The van der Waals surface area contributed by atoms with Gasteiger partial charge in [-0.15, -0.1) is 15.3 Å². The zero-order chi connectivity index (χ0) is 48.9. The Labute approximate surface area is 396 Å². The third-order valence-corrected chi connectivity index (χ3v) is 11.6. The van der Waals surface area contributed by atoms with E-state index in [9.17, 15) is 28.8 Å². The summed E-state index contributed by atoms with van der Waals surface area (Å²) in [5.74, 6) is 0. The molecule has 0 aliphatic carbocycles. The number of benzene rings is 3. The standard InChI is InChI=1S/C48H48N16O6/c1-31-16-59(46(68)49-43(31)65)19-34-4-10-37(11-5-34)22-62-28-40(52-55-62)25-58(26-41-29-63(56-53-41)23-38-12-6-35(7-13-38)20-60-17-32(2)44(66)50-47(60)69)27-42-30-64(57-54-42)24-39-14-8-36(9-15-39)21-61-18-33(3)45(67)51-48(61)70/h4-18,28-30H,19-27H2,1-3H3,(H,49,65,68)(H,50,66,69)(H,51,67,70). The zero-order valence-corrected chi connectivity index (χ0v) is 38.5. The molecule has 0 aliphatic heterocycles. The van der Waals surface area contributed by atoms with Gasteiger partial charge in [0.15, 0.2) is 0 Å². The first-order chi connectivity index (χ1) is 33.7. The summed E-state index contributed by atoms with van der Waals surface area (Å²) in [5.41, 5.74) is 6.65. The number of aromatic nitrogens is 15. The fraction of sp³-hybridized carbons (Fsp3) is 0.250. The maximum absolute atomic E-state index is 12.3. The van der Waals surface area contributed by atoms with Crippen LogP contribution in [0.25, 0.3) is 0 Å². The molecule has 3 aromatic carbocycles. The van der Waals surface area contributed by atoms with Crippen molar-refractivity contribution in [1.29, 1.82) is 0 Å². The minimum absolute atomic E-state index is 0.317. The van der Waals surface area contributed by atoms with Gasteiger partial charge in [0.2, 0.25) is 0 Å². The monoisotopic (exact) mass is 944 g/mol. The summed E-state index contributed by atoms with van der Waals surface area (Å²) in [6.07, 6.45) is 10.4. The van der Waals surface area contributed by atoms with Crippen LogP contribution in [-0.4, -0.2) is 78.5 Å². The van der Waals surface area contributed by atoms with Crippen molar-refractivity contribution in [2.75, 3.05) is 0 Å². The van der Waals surface area contributed by atoms with Crippen molar-refractivity contribution in [3.8, 4) is 0 Å². The first kappa shape index (κ1) is 46.2. The summed E-state index contributed by atoms with van der Waals surface area (Å²) in [4.78, 5) is 81.5. The third-order valence-electron chi connectivity index (χ3n) is 11.6. The highest BCUT2D eigenvalue weighted by Crippen LogP contribution is 2.15. The van der Waals surface area contributed by atoms with E-state index in [-0.39, 0.29) is 0 Å². The number of nitrogens with one attached hydrogen (secondary N) is 3.